The van der Waals surface area contributed by atoms with Gasteiger partial charge in [0, 0.05) is 5.56 Å². The van der Waals surface area contributed by atoms with Crippen LogP contribution in [0.4, 0.5) is 0 Å². The standard InChI is InChI=1S/C10H10O2.Na/c1-8-4-2-3-5-9(8)10(12)6-7-11;/h2-7,11H,1H3;/q;+1/p-1. The maximum atomic E-state index is 11.2. The van der Waals surface area contributed by atoms with Gasteiger partial charge in [0.05, 0.1) is 0 Å². The van der Waals surface area contributed by atoms with E-state index in [-0.39, 0.29) is 35.3 Å². The Bertz CT molecular complexity index is 318. The molecule has 62 valence electrons. The molecule has 0 saturated heterocycles. The zero-order valence-electron chi connectivity index (χ0n) is 7.78. The van der Waals surface area contributed by atoms with Gasteiger partial charge in [-0.05, 0) is 18.6 Å². The minimum Gasteiger partial charge on any atom is -0.878 e. The second-order valence-electron chi connectivity index (χ2n) is 2.48. The first kappa shape index (κ1) is 12.4. The summed E-state index contributed by atoms with van der Waals surface area (Å²) in [6, 6.07) is 7.18. The monoisotopic (exact) mass is 184 g/mol. The largest absolute Gasteiger partial charge is 1.00 e. The second kappa shape index (κ2) is 5.97. The number of carbonyl (C=O) groups excluding carboxylic acids is 1. The predicted octanol–water partition coefficient (Wildman–Crippen LogP) is -1.94. The number of aryl methyl sites for hydroxylation is 1. The summed E-state index contributed by atoms with van der Waals surface area (Å²) in [5, 5.41) is 10.0. The van der Waals surface area contributed by atoms with Crippen molar-refractivity contribution in [2.75, 3.05) is 0 Å². The van der Waals surface area contributed by atoms with Gasteiger partial charge in [-0.3, -0.25) is 4.79 Å². The third-order valence-corrected chi connectivity index (χ3v) is 1.63. The van der Waals surface area contributed by atoms with Gasteiger partial charge in [-0.2, -0.15) is 0 Å². The number of hydrogen-bond acceptors (Lipinski definition) is 2. The minimum absolute atomic E-state index is 0. The third kappa shape index (κ3) is 3.35. The minimum atomic E-state index is -0.233. The molecular weight excluding hydrogens is 175 g/mol. The van der Waals surface area contributed by atoms with E-state index in [1.54, 1.807) is 12.1 Å². The molecule has 3 heteroatoms. The molecule has 0 radical (unpaired) electrons. The van der Waals surface area contributed by atoms with Gasteiger partial charge in [-0.1, -0.05) is 24.3 Å². The van der Waals surface area contributed by atoms with Gasteiger partial charge in [0.2, 0.25) is 0 Å². The molecule has 13 heavy (non-hydrogen) atoms. The summed E-state index contributed by atoms with van der Waals surface area (Å²) in [7, 11) is 0. The average Bonchev–Trinajstić information content (AvgIpc) is 2.05. The first-order chi connectivity index (χ1) is 5.75. The second-order valence-corrected chi connectivity index (χ2v) is 2.48. The molecule has 0 fully saturated rings. The molecule has 0 spiro atoms. The van der Waals surface area contributed by atoms with Crippen molar-refractivity contribution in [1.29, 1.82) is 0 Å². The van der Waals surface area contributed by atoms with Gasteiger partial charge in [0.1, 0.15) is 0 Å². The zero-order valence-corrected chi connectivity index (χ0v) is 9.78. The van der Waals surface area contributed by atoms with Crippen molar-refractivity contribution in [3.05, 3.63) is 47.7 Å². The van der Waals surface area contributed by atoms with Crippen molar-refractivity contribution >= 4 is 5.78 Å². The topological polar surface area (TPSA) is 40.1 Å². The van der Waals surface area contributed by atoms with Crippen LogP contribution >= 0.6 is 0 Å². The Hall–Kier alpha value is -0.570. The summed E-state index contributed by atoms with van der Waals surface area (Å²) in [5.74, 6) is -0.233. The Morgan fingerprint density at radius 2 is 2.00 bits per heavy atom. The molecule has 0 aromatic heterocycles. The Morgan fingerprint density at radius 3 is 2.54 bits per heavy atom. The smallest absolute Gasteiger partial charge is 0.878 e. The fourth-order valence-electron chi connectivity index (χ4n) is 1.00. The summed E-state index contributed by atoms with van der Waals surface area (Å²) >= 11 is 0. The van der Waals surface area contributed by atoms with E-state index in [4.69, 9.17) is 0 Å². The van der Waals surface area contributed by atoms with E-state index in [1.807, 2.05) is 19.1 Å². The van der Waals surface area contributed by atoms with E-state index in [2.05, 4.69) is 0 Å². The molecule has 0 aliphatic heterocycles. The number of hydrogen-bond donors (Lipinski definition) is 0. The van der Waals surface area contributed by atoms with Gasteiger partial charge < -0.3 is 5.11 Å². The van der Waals surface area contributed by atoms with Crippen molar-refractivity contribution in [1.82, 2.24) is 0 Å². The Labute approximate surface area is 99.6 Å². The molecule has 0 N–H and O–H groups in total. The SMILES string of the molecule is Cc1ccccc1C(=O)C=C[O-].[Na+]. The van der Waals surface area contributed by atoms with Crippen LogP contribution in [0.15, 0.2) is 36.6 Å². The molecule has 1 aromatic rings. The molecule has 0 aliphatic rings. The maximum Gasteiger partial charge on any atom is 1.00 e. The average molecular weight is 184 g/mol. The zero-order chi connectivity index (χ0) is 8.97. The van der Waals surface area contributed by atoms with E-state index < -0.39 is 0 Å². The fourth-order valence-corrected chi connectivity index (χ4v) is 1.00. The van der Waals surface area contributed by atoms with E-state index in [0.29, 0.717) is 11.8 Å². The molecule has 1 aromatic carbocycles. The van der Waals surface area contributed by atoms with Crippen LogP contribution in [0.25, 0.3) is 0 Å². The molecule has 0 amide bonds. The van der Waals surface area contributed by atoms with Crippen LogP contribution in [0.5, 0.6) is 0 Å². The number of benzene rings is 1. The van der Waals surface area contributed by atoms with Crippen LogP contribution < -0.4 is 34.7 Å². The predicted molar refractivity (Wildman–Crippen MR) is 44.6 cm³/mol. The van der Waals surface area contributed by atoms with Crippen molar-refractivity contribution in [3.63, 3.8) is 0 Å². The summed E-state index contributed by atoms with van der Waals surface area (Å²) < 4.78 is 0. The molecule has 0 bridgehead atoms. The van der Waals surface area contributed by atoms with E-state index in [1.165, 1.54) is 0 Å². The normalized spacial score (nSPS) is 9.62. The van der Waals surface area contributed by atoms with Crippen molar-refractivity contribution in [3.8, 4) is 0 Å². The van der Waals surface area contributed by atoms with Crippen molar-refractivity contribution < 1.29 is 39.5 Å². The molecule has 0 saturated carbocycles. The van der Waals surface area contributed by atoms with Gasteiger partial charge in [-0.15, -0.1) is 6.26 Å². The summed E-state index contributed by atoms with van der Waals surface area (Å²) in [4.78, 5) is 11.2. The number of rotatable bonds is 2. The molecule has 0 unspecified atom stereocenters. The van der Waals surface area contributed by atoms with Gasteiger partial charge in [-0.25, -0.2) is 0 Å². The van der Waals surface area contributed by atoms with Gasteiger partial charge in [0.15, 0.2) is 5.78 Å². The van der Waals surface area contributed by atoms with Crippen LogP contribution in [0.1, 0.15) is 15.9 Å². The molecular formula is C10H9NaO2. The van der Waals surface area contributed by atoms with E-state index in [9.17, 15) is 9.90 Å². The molecule has 1 rings (SSSR count). The summed E-state index contributed by atoms with van der Waals surface area (Å²) in [6.07, 6.45) is 1.54. The summed E-state index contributed by atoms with van der Waals surface area (Å²) in [6.45, 7) is 1.84. The number of allylic oxidation sites excluding steroid dienone is 1. The Balaban J connectivity index is 0.00000144. The van der Waals surface area contributed by atoms with E-state index >= 15 is 0 Å². The first-order valence-electron chi connectivity index (χ1n) is 3.64. The molecule has 0 atom stereocenters. The quantitative estimate of drug-likeness (QED) is 0.232. The molecule has 2 nitrogen and oxygen atoms in total. The van der Waals surface area contributed by atoms with Gasteiger partial charge in [0.25, 0.3) is 0 Å². The maximum absolute atomic E-state index is 11.2. The van der Waals surface area contributed by atoms with Crippen LogP contribution in [-0.4, -0.2) is 5.78 Å². The molecule has 0 heterocycles. The first-order valence-corrected chi connectivity index (χ1v) is 3.64. The molecule has 0 aliphatic carbocycles. The van der Waals surface area contributed by atoms with Crippen molar-refractivity contribution in [2.24, 2.45) is 0 Å². The van der Waals surface area contributed by atoms with E-state index in [0.717, 1.165) is 11.6 Å². The third-order valence-electron chi connectivity index (χ3n) is 1.63. The number of ketones is 1. The van der Waals surface area contributed by atoms with Crippen LogP contribution in [0, 0.1) is 6.92 Å². The van der Waals surface area contributed by atoms with Crippen LogP contribution in [-0.2, 0) is 0 Å². The summed E-state index contributed by atoms with van der Waals surface area (Å²) in [5.41, 5.74) is 1.48. The van der Waals surface area contributed by atoms with Gasteiger partial charge >= 0.3 is 29.6 Å². The number of carbonyl (C=O) groups is 1. The Morgan fingerprint density at radius 1 is 1.38 bits per heavy atom. The Kier molecular flexibility index (Phi) is 5.71. The fraction of sp³-hybridized carbons (Fsp3) is 0.100. The van der Waals surface area contributed by atoms with Crippen LogP contribution in [0.2, 0.25) is 0 Å². The van der Waals surface area contributed by atoms with Crippen molar-refractivity contribution in [2.45, 2.75) is 6.92 Å². The van der Waals surface area contributed by atoms with Crippen LogP contribution in [0.3, 0.4) is 0 Å².